The second-order valence-corrected chi connectivity index (χ2v) is 3.67. The summed E-state index contributed by atoms with van der Waals surface area (Å²) in [5.74, 6) is -0.305. The van der Waals surface area contributed by atoms with Crippen LogP contribution in [0.3, 0.4) is 0 Å². The SMILES string of the molecule is CN(CCN)Cc1ccc(F)cc1Cl. The first-order chi connectivity index (χ1) is 6.63. The summed E-state index contributed by atoms with van der Waals surface area (Å²) in [6.45, 7) is 2.10. The van der Waals surface area contributed by atoms with Crippen LogP contribution in [0.2, 0.25) is 5.02 Å². The third-order valence-corrected chi connectivity index (χ3v) is 2.32. The smallest absolute Gasteiger partial charge is 0.124 e. The Morgan fingerprint density at radius 1 is 1.50 bits per heavy atom. The van der Waals surface area contributed by atoms with Gasteiger partial charge in [-0.2, -0.15) is 0 Å². The van der Waals surface area contributed by atoms with Crippen molar-refractivity contribution in [2.75, 3.05) is 20.1 Å². The van der Waals surface area contributed by atoms with Crippen molar-refractivity contribution < 1.29 is 4.39 Å². The van der Waals surface area contributed by atoms with Crippen molar-refractivity contribution in [3.63, 3.8) is 0 Å². The summed E-state index contributed by atoms with van der Waals surface area (Å²) < 4.78 is 12.7. The van der Waals surface area contributed by atoms with Crippen LogP contribution in [0.15, 0.2) is 18.2 Å². The molecule has 0 unspecified atom stereocenters. The van der Waals surface area contributed by atoms with E-state index in [1.165, 1.54) is 12.1 Å². The monoisotopic (exact) mass is 216 g/mol. The van der Waals surface area contributed by atoms with Gasteiger partial charge in [0, 0.05) is 24.7 Å². The predicted molar refractivity (Wildman–Crippen MR) is 56.8 cm³/mol. The van der Waals surface area contributed by atoms with Crippen molar-refractivity contribution in [1.82, 2.24) is 4.90 Å². The maximum Gasteiger partial charge on any atom is 0.124 e. The summed E-state index contributed by atoms with van der Waals surface area (Å²) in [5.41, 5.74) is 6.33. The molecule has 1 aromatic rings. The largest absolute Gasteiger partial charge is 0.329 e. The molecule has 2 N–H and O–H groups in total. The molecule has 0 heterocycles. The first kappa shape index (κ1) is 11.4. The molecule has 0 radical (unpaired) electrons. The molecule has 0 aliphatic rings. The highest BCUT2D eigenvalue weighted by molar-refractivity contribution is 6.31. The van der Waals surface area contributed by atoms with E-state index in [1.54, 1.807) is 6.07 Å². The molecule has 2 nitrogen and oxygen atoms in total. The van der Waals surface area contributed by atoms with Crippen LogP contribution in [0.4, 0.5) is 4.39 Å². The van der Waals surface area contributed by atoms with Gasteiger partial charge in [0.25, 0.3) is 0 Å². The molecule has 0 atom stereocenters. The molecule has 0 aliphatic heterocycles. The fraction of sp³-hybridized carbons (Fsp3) is 0.400. The lowest BCUT2D eigenvalue weighted by molar-refractivity contribution is 0.336. The van der Waals surface area contributed by atoms with Crippen LogP contribution in [-0.2, 0) is 6.54 Å². The number of hydrogen-bond donors (Lipinski definition) is 1. The van der Waals surface area contributed by atoms with Gasteiger partial charge in [-0.15, -0.1) is 0 Å². The molecule has 14 heavy (non-hydrogen) atoms. The first-order valence-corrected chi connectivity index (χ1v) is 4.84. The molecule has 0 amide bonds. The standard InChI is InChI=1S/C10H14ClFN2/c1-14(5-4-13)7-8-2-3-9(12)6-10(8)11/h2-3,6H,4-5,7,13H2,1H3. The predicted octanol–water partition coefficient (Wildman–Crippen LogP) is 1.87. The van der Waals surface area contributed by atoms with E-state index in [0.717, 1.165) is 12.1 Å². The molecular weight excluding hydrogens is 203 g/mol. The zero-order valence-electron chi connectivity index (χ0n) is 8.13. The van der Waals surface area contributed by atoms with Crippen molar-refractivity contribution in [2.24, 2.45) is 5.73 Å². The van der Waals surface area contributed by atoms with Crippen molar-refractivity contribution in [1.29, 1.82) is 0 Å². The van der Waals surface area contributed by atoms with E-state index in [0.29, 0.717) is 18.1 Å². The zero-order chi connectivity index (χ0) is 10.6. The highest BCUT2D eigenvalue weighted by Crippen LogP contribution is 2.18. The van der Waals surface area contributed by atoms with E-state index in [1.807, 2.05) is 11.9 Å². The summed E-state index contributed by atoms with van der Waals surface area (Å²) in [7, 11) is 1.95. The lowest BCUT2D eigenvalue weighted by Gasteiger charge is -2.16. The summed E-state index contributed by atoms with van der Waals surface area (Å²) in [6, 6.07) is 4.44. The highest BCUT2D eigenvalue weighted by Gasteiger charge is 2.04. The molecule has 1 aromatic carbocycles. The van der Waals surface area contributed by atoms with Gasteiger partial charge in [0.15, 0.2) is 0 Å². The van der Waals surface area contributed by atoms with Crippen molar-refractivity contribution in [2.45, 2.75) is 6.54 Å². The third kappa shape index (κ3) is 3.25. The van der Waals surface area contributed by atoms with Gasteiger partial charge in [0.05, 0.1) is 0 Å². The van der Waals surface area contributed by atoms with Crippen LogP contribution in [0.1, 0.15) is 5.56 Å². The number of benzene rings is 1. The highest BCUT2D eigenvalue weighted by atomic mass is 35.5. The maximum absolute atomic E-state index is 12.7. The van der Waals surface area contributed by atoms with Gasteiger partial charge in [0.1, 0.15) is 5.82 Å². The lowest BCUT2D eigenvalue weighted by atomic mass is 10.2. The number of halogens is 2. The Morgan fingerprint density at radius 3 is 2.79 bits per heavy atom. The first-order valence-electron chi connectivity index (χ1n) is 4.46. The molecule has 0 saturated carbocycles. The molecular formula is C10H14ClFN2. The van der Waals surface area contributed by atoms with Crippen LogP contribution in [0.5, 0.6) is 0 Å². The molecule has 1 rings (SSSR count). The Kier molecular flexibility index (Phi) is 4.32. The van der Waals surface area contributed by atoms with Gasteiger partial charge >= 0.3 is 0 Å². The number of nitrogens with zero attached hydrogens (tertiary/aromatic N) is 1. The van der Waals surface area contributed by atoms with Crippen LogP contribution in [0, 0.1) is 5.82 Å². The van der Waals surface area contributed by atoms with E-state index in [-0.39, 0.29) is 5.82 Å². The van der Waals surface area contributed by atoms with Crippen LogP contribution >= 0.6 is 11.6 Å². The molecule has 0 saturated heterocycles. The van der Waals surface area contributed by atoms with Gasteiger partial charge in [0.2, 0.25) is 0 Å². The molecule has 0 aromatic heterocycles. The molecule has 0 bridgehead atoms. The van der Waals surface area contributed by atoms with Gasteiger partial charge in [-0.25, -0.2) is 4.39 Å². The number of rotatable bonds is 4. The average molecular weight is 217 g/mol. The normalized spacial score (nSPS) is 10.9. The maximum atomic E-state index is 12.7. The summed E-state index contributed by atoms with van der Waals surface area (Å²) >= 11 is 5.88. The Balaban J connectivity index is 2.67. The molecule has 0 aliphatic carbocycles. The summed E-state index contributed by atoms with van der Waals surface area (Å²) in [4.78, 5) is 2.04. The van der Waals surface area contributed by atoms with Gasteiger partial charge in [-0.3, -0.25) is 0 Å². The lowest BCUT2D eigenvalue weighted by Crippen LogP contribution is -2.25. The quantitative estimate of drug-likeness (QED) is 0.833. The topological polar surface area (TPSA) is 29.3 Å². The van der Waals surface area contributed by atoms with E-state index in [2.05, 4.69) is 0 Å². The fourth-order valence-electron chi connectivity index (χ4n) is 1.24. The number of likely N-dealkylation sites (N-methyl/N-ethyl adjacent to an activating group) is 1. The van der Waals surface area contributed by atoms with Gasteiger partial charge < -0.3 is 10.6 Å². The van der Waals surface area contributed by atoms with Crippen molar-refractivity contribution in [3.8, 4) is 0 Å². The minimum Gasteiger partial charge on any atom is -0.329 e. The van der Waals surface area contributed by atoms with E-state index < -0.39 is 0 Å². The Labute approximate surface area is 88.5 Å². The Hall–Kier alpha value is -0.640. The van der Waals surface area contributed by atoms with Crippen molar-refractivity contribution in [3.05, 3.63) is 34.6 Å². The summed E-state index contributed by atoms with van der Waals surface area (Å²) in [5, 5.41) is 0.467. The van der Waals surface area contributed by atoms with Crippen molar-refractivity contribution >= 4 is 11.6 Å². The molecule has 0 spiro atoms. The minimum absolute atomic E-state index is 0.305. The molecule has 4 heteroatoms. The van der Waals surface area contributed by atoms with Gasteiger partial charge in [-0.1, -0.05) is 17.7 Å². The van der Waals surface area contributed by atoms with Crippen LogP contribution in [0.25, 0.3) is 0 Å². The second-order valence-electron chi connectivity index (χ2n) is 3.26. The van der Waals surface area contributed by atoms with Crippen LogP contribution in [-0.4, -0.2) is 25.0 Å². The number of hydrogen-bond acceptors (Lipinski definition) is 2. The van der Waals surface area contributed by atoms with Crippen LogP contribution < -0.4 is 5.73 Å². The molecule has 78 valence electrons. The third-order valence-electron chi connectivity index (χ3n) is 1.97. The Bertz CT molecular complexity index is 304. The molecule has 0 fully saturated rings. The Morgan fingerprint density at radius 2 is 2.21 bits per heavy atom. The minimum atomic E-state index is -0.305. The summed E-state index contributed by atoms with van der Waals surface area (Å²) in [6.07, 6.45) is 0. The van der Waals surface area contributed by atoms with E-state index in [4.69, 9.17) is 17.3 Å². The zero-order valence-corrected chi connectivity index (χ0v) is 8.89. The number of nitrogens with two attached hydrogens (primary N) is 1. The van der Waals surface area contributed by atoms with E-state index >= 15 is 0 Å². The van der Waals surface area contributed by atoms with Gasteiger partial charge in [-0.05, 0) is 24.7 Å². The fourth-order valence-corrected chi connectivity index (χ4v) is 1.47. The average Bonchev–Trinajstić information content (AvgIpc) is 2.10. The second kappa shape index (κ2) is 5.29. The van der Waals surface area contributed by atoms with E-state index in [9.17, 15) is 4.39 Å².